The van der Waals surface area contributed by atoms with E-state index in [-0.39, 0.29) is 35.8 Å². The summed E-state index contributed by atoms with van der Waals surface area (Å²) >= 11 is 0. The van der Waals surface area contributed by atoms with Crippen molar-refractivity contribution < 1.29 is 4.79 Å². The van der Waals surface area contributed by atoms with Crippen molar-refractivity contribution in [3.05, 3.63) is 0 Å². The molecule has 0 aromatic heterocycles. The van der Waals surface area contributed by atoms with Crippen LogP contribution in [0.2, 0.25) is 0 Å². The standard InChI is InChI=1S/C15H30N4O.HI/c1-11(2)5-6-12(3)19-15(16-4)18-10-9-17-14(20)13-7-8-13;/h11-13H,5-10H2,1-4H3,(H,17,20)(H2,16,18,19);1H. The second-order valence-corrected chi connectivity index (χ2v) is 6.08. The lowest BCUT2D eigenvalue weighted by Crippen LogP contribution is -2.45. The number of hydrogen-bond donors (Lipinski definition) is 3. The van der Waals surface area contributed by atoms with Crippen molar-refractivity contribution in [3.63, 3.8) is 0 Å². The Balaban J connectivity index is 0.00000400. The van der Waals surface area contributed by atoms with Gasteiger partial charge in [0, 0.05) is 32.1 Å². The Kier molecular flexibility index (Phi) is 10.8. The summed E-state index contributed by atoms with van der Waals surface area (Å²) in [5.41, 5.74) is 0. The molecule has 0 spiro atoms. The Hall–Kier alpha value is -0.530. The lowest BCUT2D eigenvalue weighted by molar-refractivity contribution is -0.122. The van der Waals surface area contributed by atoms with E-state index in [1.807, 2.05) is 0 Å². The van der Waals surface area contributed by atoms with Gasteiger partial charge in [-0.25, -0.2) is 0 Å². The molecule has 0 aromatic rings. The maximum absolute atomic E-state index is 11.5. The van der Waals surface area contributed by atoms with Crippen LogP contribution in [-0.4, -0.2) is 38.0 Å². The van der Waals surface area contributed by atoms with Crippen molar-refractivity contribution in [1.29, 1.82) is 0 Å². The third-order valence-electron chi connectivity index (χ3n) is 3.45. The largest absolute Gasteiger partial charge is 0.355 e. The molecule has 6 heteroatoms. The van der Waals surface area contributed by atoms with E-state index in [0.717, 1.165) is 31.1 Å². The average molecular weight is 410 g/mol. The van der Waals surface area contributed by atoms with Gasteiger partial charge in [0.15, 0.2) is 5.96 Å². The fraction of sp³-hybridized carbons (Fsp3) is 0.867. The molecule has 0 heterocycles. The normalized spacial score (nSPS) is 16.1. The minimum Gasteiger partial charge on any atom is -0.355 e. The Bertz CT molecular complexity index is 330. The van der Waals surface area contributed by atoms with E-state index in [9.17, 15) is 4.79 Å². The third-order valence-corrected chi connectivity index (χ3v) is 3.45. The van der Waals surface area contributed by atoms with E-state index in [4.69, 9.17) is 0 Å². The predicted octanol–water partition coefficient (Wildman–Crippen LogP) is 2.12. The lowest BCUT2D eigenvalue weighted by atomic mass is 10.0. The van der Waals surface area contributed by atoms with Gasteiger partial charge < -0.3 is 16.0 Å². The van der Waals surface area contributed by atoms with E-state index in [1.165, 1.54) is 6.42 Å². The molecule has 3 N–H and O–H groups in total. The quantitative estimate of drug-likeness (QED) is 0.249. The first-order valence-corrected chi connectivity index (χ1v) is 7.77. The molecule has 21 heavy (non-hydrogen) atoms. The van der Waals surface area contributed by atoms with Crippen molar-refractivity contribution in [3.8, 4) is 0 Å². The van der Waals surface area contributed by atoms with Gasteiger partial charge in [-0.2, -0.15) is 0 Å². The zero-order valence-corrected chi connectivity index (χ0v) is 16.1. The number of nitrogens with zero attached hydrogens (tertiary/aromatic N) is 1. The predicted molar refractivity (Wildman–Crippen MR) is 99.2 cm³/mol. The highest BCUT2D eigenvalue weighted by Crippen LogP contribution is 2.28. The van der Waals surface area contributed by atoms with E-state index in [2.05, 4.69) is 41.7 Å². The minimum atomic E-state index is 0. The first-order valence-electron chi connectivity index (χ1n) is 7.77. The van der Waals surface area contributed by atoms with E-state index in [0.29, 0.717) is 19.1 Å². The molecular formula is C15H31IN4O. The van der Waals surface area contributed by atoms with Crippen molar-refractivity contribution in [2.45, 2.75) is 52.5 Å². The van der Waals surface area contributed by atoms with Crippen LogP contribution in [-0.2, 0) is 4.79 Å². The zero-order chi connectivity index (χ0) is 15.0. The van der Waals surface area contributed by atoms with Gasteiger partial charge in [-0.1, -0.05) is 13.8 Å². The number of nitrogens with one attached hydrogen (secondary N) is 3. The van der Waals surface area contributed by atoms with E-state index in [1.54, 1.807) is 7.05 Å². The van der Waals surface area contributed by atoms with Crippen LogP contribution in [0, 0.1) is 11.8 Å². The molecule has 0 aliphatic heterocycles. The van der Waals surface area contributed by atoms with Crippen LogP contribution in [0.3, 0.4) is 0 Å². The van der Waals surface area contributed by atoms with Crippen molar-refractivity contribution >= 4 is 35.8 Å². The zero-order valence-electron chi connectivity index (χ0n) is 13.7. The molecule has 1 aliphatic carbocycles. The highest BCUT2D eigenvalue weighted by atomic mass is 127. The first kappa shape index (κ1) is 20.5. The molecular weight excluding hydrogens is 379 g/mol. The van der Waals surface area contributed by atoms with Crippen LogP contribution >= 0.6 is 24.0 Å². The molecule has 1 fully saturated rings. The van der Waals surface area contributed by atoms with Gasteiger partial charge in [0.2, 0.25) is 5.91 Å². The molecule has 1 rings (SSSR count). The summed E-state index contributed by atoms with van der Waals surface area (Å²) < 4.78 is 0. The smallest absolute Gasteiger partial charge is 0.223 e. The highest BCUT2D eigenvalue weighted by molar-refractivity contribution is 14.0. The summed E-state index contributed by atoms with van der Waals surface area (Å²) in [5.74, 6) is 2.01. The summed E-state index contributed by atoms with van der Waals surface area (Å²) in [5, 5.41) is 9.53. The van der Waals surface area contributed by atoms with Gasteiger partial charge >= 0.3 is 0 Å². The molecule has 0 aromatic carbocycles. The summed E-state index contributed by atoms with van der Waals surface area (Å²) in [4.78, 5) is 15.7. The molecule has 5 nitrogen and oxygen atoms in total. The number of carbonyl (C=O) groups excluding carboxylic acids is 1. The molecule has 124 valence electrons. The monoisotopic (exact) mass is 410 g/mol. The Labute approximate surface area is 146 Å². The summed E-state index contributed by atoms with van der Waals surface area (Å²) in [7, 11) is 1.77. The fourth-order valence-corrected chi connectivity index (χ4v) is 1.94. The highest BCUT2D eigenvalue weighted by Gasteiger charge is 2.28. The summed E-state index contributed by atoms with van der Waals surface area (Å²) in [6.45, 7) is 8.00. The van der Waals surface area contributed by atoms with Crippen molar-refractivity contribution in [2.75, 3.05) is 20.1 Å². The van der Waals surface area contributed by atoms with Gasteiger partial charge in [0.1, 0.15) is 0 Å². The number of amides is 1. The van der Waals surface area contributed by atoms with Crippen molar-refractivity contribution in [1.82, 2.24) is 16.0 Å². The van der Waals surface area contributed by atoms with Crippen LogP contribution in [0.1, 0.15) is 46.5 Å². The number of hydrogen-bond acceptors (Lipinski definition) is 2. The number of guanidine groups is 1. The molecule has 0 bridgehead atoms. The van der Waals surface area contributed by atoms with Gasteiger partial charge in [-0.3, -0.25) is 9.79 Å². The number of halogens is 1. The SMILES string of the molecule is CN=C(NCCNC(=O)C1CC1)NC(C)CCC(C)C.I. The van der Waals surface area contributed by atoms with E-state index < -0.39 is 0 Å². The van der Waals surface area contributed by atoms with Crippen LogP contribution in [0.25, 0.3) is 0 Å². The van der Waals surface area contributed by atoms with Gasteiger partial charge in [-0.05, 0) is 38.5 Å². The average Bonchev–Trinajstić information content (AvgIpc) is 3.23. The van der Waals surface area contributed by atoms with Gasteiger partial charge in [0.25, 0.3) is 0 Å². The molecule has 1 amide bonds. The molecule has 1 saturated carbocycles. The second kappa shape index (κ2) is 11.1. The van der Waals surface area contributed by atoms with Crippen LogP contribution in [0.5, 0.6) is 0 Å². The molecule has 1 unspecified atom stereocenters. The summed E-state index contributed by atoms with van der Waals surface area (Å²) in [6, 6.07) is 0.407. The third kappa shape index (κ3) is 9.92. The fourth-order valence-electron chi connectivity index (χ4n) is 1.94. The second-order valence-electron chi connectivity index (χ2n) is 6.08. The maximum atomic E-state index is 11.5. The topological polar surface area (TPSA) is 65.5 Å². The molecule has 0 saturated heterocycles. The van der Waals surface area contributed by atoms with Crippen molar-refractivity contribution in [2.24, 2.45) is 16.8 Å². The maximum Gasteiger partial charge on any atom is 0.223 e. The Morgan fingerprint density at radius 2 is 1.76 bits per heavy atom. The summed E-state index contributed by atoms with van der Waals surface area (Å²) in [6.07, 6.45) is 4.45. The number of aliphatic imine (C=N–C) groups is 1. The van der Waals surface area contributed by atoms with Crippen LogP contribution < -0.4 is 16.0 Å². The van der Waals surface area contributed by atoms with Gasteiger partial charge in [0.05, 0.1) is 0 Å². The number of rotatable bonds is 8. The van der Waals surface area contributed by atoms with E-state index >= 15 is 0 Å². The van der Waals surface area contributed by atoms with Crippen LogP contribution in [0.4, 0.5) is 0 Å². The molecule has 1 aliphatic rings. The first-order chi connectivity index (χ1) is 9.52. The Morgan fingerprint density at radius 1 is 1.14 bits per heavy atom. The molecule has 0 radical (unpaired) electrons. The van der Waals surface area contributed by atoms with Crippen LogP contribution in [0.15, 0.2) is 4.99 Å². The minimum absolute atomic E-state index is 0. The van der Waals surface area contributed by atoms with Gasteiger partial charge in [-0.15, -0.1) is 24.0 Å². The Morgan fingerprint density at radius 3 is 2.29 bits per heavy atom. The lowest BCUT2D eigenvalue weighted by Gasteiger charge is -2.18. The number of carbonyl (C=O) groups is 1. The molecule has 1 atom stereocenters.